The van der Waals surface area contributed by atoms with E-state index in [4.69, 9.17) is 0 Å². The van der Waals surface area contributed by atoms with E-state index in [1.807, 2.05) is 6.07 Å². The van der Waals surface area contributed by atoms with E-state index in [2.05, 4.69) is 38.1 Å². The molecule has 0 radical (unpaired) electrons. The molecule has 2 aromatic carbocycles. The molecular weight excluding hydrogens is 372 g/mol. The number of anilines is 1. The standard InChI is InChI=1S/C21H22N4O2S/c26-14-6-8-18-17(10-14)22-12-25(18)11-13-5-7-16-20(9-13)28-21(24-16)23-15-3-1-2-4-19(15)27/h5-10,12,15,19,26-27H,1-4,11H2,(H,23,24). The quantitative estimate of drug-likeness (QED) is 0.485. The van der Waals surface area contributed by atoms with Crippen molar-refractivity contribution in [3.8, 4) is 5.75 Å². The first-order valence-corrected chi connectivity index (χ1v) is 10.5. The highest BCUT2D eigenvalue weighted by Gasteiger charge is 2.23. The van der Waals surface area contributed by atoms with Crippen molar-refractivity contribution in [3.05, 3.63) is 48.3 Å². The molecular formula is C21H22N4O2S. The van der Waals surface area contributed by atoms with Gasteiger partial charge in [0.1, 0.15) is 5.75 Å². The van der Waals surface area contributed by atoms with Crippen LogP contribution in [0.15, 0.2) is 42.7 Å². The van der Waals surface area contributed by atoms with Crippen molar-refractivity contribution in [2.75, 3.05) is 5.32 Å². The van der Waals surface area contributed by atoms with Gasteiger partial charge in [-0.3, -0.25) is 0 Å². The second-order valence-corrected chi connectivity index (χ2v) is 8.50. The van der Waals surface area contributed by atoms with E-state index in [9.17, 15) is 10.2 Å². The normalized spacial score (nSPS) is 20.0. The maximum atomic E-state index is 10.2. The molecule has 2 aromatic heterocycles. The summed E-state index contributed by atoms with van der Waals surface area (Å²) >= 11 is 1.63. The van der Waals surface area contributed by atoms with Gasteiger partial charge in [0.15, 0.2) is 5.13 Å². The fraction of sp³-hybridized carbons (Fsp3) is 0.333. The first-order chi connectivity index (χ1) is 13.7. The van der Waals surface area contributed by atoms with E-state index in [0.29, 0.717) is 6.54 Å². The summed E-state index contributed by atoms with van der Waals surface area (Å²) in [5, 5.41) is 24.1. The Morgan fingerprint density at radius 2 is 2.00 bits per heavy atom. The van der Waals surface area contributed by atoms with Crippen molar-refractivity contribution in [2.45, 2.75) is 44.4 Å². The monoisotopic (exact) mass is 394 g/mol. The third-order valence-electron chi connectivity index (χ3n) is 5.45. The molecule has 1 saturated carbocycles. The van der Waals surface area contributed by atoms with E-state index in [1.54, 1.807) is 29.8 Å². The molecule has 3 N–H and O–H groups in total. The van der Waals surface area contributed by atoms with Crippen LogP contribution in [-0.2, 0) is 6.54 Å². The smallest absolute Gasteiger partial charge is 0.184 e. The van der Waals surface area contributed by atoms with Crippen LogP contribution in [0.3, 0.4) is 0 Å². The van der Waals surface area contributed by atoms with Crippen LogP contribution in [0.5, 0.6) is 5.75 Å². The number of phenols is 1. The highest BCUT2D eigenvalue weighted by Crippen LogP contribution is 2.30. The van der Waals surface area contributed by atoms with Gasteiger partial charge in [-0.1, -0.05) is 30.2 Å². The lowest BCUT2D eigenvalue weighted by Gasteiger charge is -2.27. The average Bonchev–Trinajstić information content (AvgIpc) is 3.26. The van der Waals surface area contributed by atoms with Crippen molar-refractivity contribution < 1.29 is 10.2 Å². The molecule has 2 unspecified atom stereocenters. The summed E-state index contributed by atoms with van der Waals surface area (Å²) in [6.07, 6.45) is 5.63. The number of aromatic hydroxyl groups is 1. The molecule has 4 aromatic rings. The first kappa shape index (κ1) is 17.5. The molecule has 0 spiro atoms. The number of aromatic nitrogens is 3. The summed E-state index contributed by atoms with van der Waals surface area (Å²) in [6.45, 7) is 0.708. The number of nitrogens with one attached hydrogen (secondary N) is 1. The number of rotatable bonds is 4. The summed E-state index contributed by atoms with van der Waals surface area (Å²) in [5.74, 6) is 0.229. The Kier molecular flexibility index (Phi) is 4.41. The Morgan fingerprint density at radius 1 is 1.11 bits per heavy atom. The molecule has 1 aliphatic carbocycles. The summed E-state index contributed by atoms with van der Waals surface area (Å²) < 4.78 is 3.21. The summed E-state index contributed by atoms with van der Waals surface area (Å²) in [6, 6.07) is 11.7. The predicted molar refractivity (Wildman–Crippen MR) is 112 cm³/mol. The topological polar surface area (TPSA) is 83.2 Å². The van der Waals surface area contributed by atoms with Crippen LogP contribution in [0.1, 0.15) is 31.2 Å². The number of benzene rings is 2. The van der Waals surface area contributed by atoms with Gasteiger partial charge in [0.25, 0.3) is 0 Å². The molecule has 0 bridgehead atoms. The van der Waals surface area contributed by atoms with Crippen LogP contribution in [-0.4, -0.2) is 36.9 Å². The summed E-state index contributed by atoms with van der Waals surface area (Å²) in [4.78, 5) is 9.06. The van der Waals surface area contributed by atoms with Crippen LogP contribution >= 0.6 is 11.3 Å². The predicted octanol–water partition coefficient (Wildman–Crippen LogP) is 4.12. The number of nitrogens with zero attached hydrogens (tertiary/aromatic N) is 3. The zero-order valence-corrected chi connectivity index (χ0v) is 16.2. The number of fused-ring (bicyclic) bond motifs is 2. The minimum atomic E-state index is -0.287. The number of aliphatic hydroxyl groups excluding tert-OH is 1. The molecule has 28 heavy (non-hydrogen) atoms. The minimum absolute atomic E-state index is 0.0995. The number of aliphatic hydroxyl groups is 1. The number of imidazole rings is 1. The first-order valence-electron chi connectivity index (χ1n) is 9.64. The van der Waals surface area contributed by atoms with Gasteiger partial charge in [0.2, 0.25) is 0 Å². The van der Waals surface area contributed by atoms with E-state index in [1.165, 1.54) is 5.56 Å². The van der Waals surface area contributed by atoms with Gasteiger partial charge < -0.3 is 20.1 Å². The molecule has 1 aliphatic rings. The molecule has 144 valence electrons. The number of hydrogen-bond acceptors (Lipinski definition) is 6. The maximum absolute atomic E-state index is 10.2. The summed E-state index contributed by atoms with van der Waals surface area (Å²) in [7, 11) is 0. The molecule has 7 heteroatoms. The third-order valence-corrected chi connectivity index (χ3v) is 6.40. The van der Waals surface area contributed by atoms with Crippen LogP contribution in [0, 0.1) is 0 Å². The second-order valence-electron chi connectivity index (χ2n) is 7.47. The van der Waals surface area contributed by atoms with E-state index >= 15 is 0 Å². The number of hydrogen-bond donors (Lipinski definition) is 3. The molecule has 1 fully saturated rings. The number of phenolic OH excluding ortho intramolecular Hbond substituents is 1. The molecule has 6 nitrogen and oxygen atoms in total. The van der Waals surface area contributed by atoms with Crippen molar-refractivity contribution >= 4 is 37.7 Å². The molecule has 0 saturated heterocycles. The Balaban J connectivity index is 1.38. The Labute approximate surface area is 166 Å². The molecule has 0 amide bonds. The highest BCUT2D eigenvalue weighted by atomic mass is 32.1. The largest absolute Gasteiger partial charge is 0.508 e. The number of thiazole rings is 1. The lowest BCUT2D eigenvalue weighted by molar-refractivity contribution is 0.116. The summed E-state index contributed by atoms with van der Waals surface area (Å²) in [5.41, 5.74) is 3.93. The van der Waals surface area contributed by atoms with Gasteiger partial charge in [-0.05, 0) is 42.7 Å². The Morgan fingerprint density at radius 3 is 2.89 bits per heavy atom. The van der Waals surface area contributed by atoms with Gasteiger partial charge in [-0.2, -0.15) is 0 Å². The molecule has 5 rings (SSSR count). The third kappa shape index (κ3) is 3.31. The van der Waals surface area contributed by atoms with E-state index in [0.717, 1.165) is 52.1 Å². The van der Waals surface area contributed by atoms with Gasteiger partial charge in [-0.25, -0.2) is 9.97 Å². The van der Waals surface area contributed by atoms with Crippen LogP contribution in [0.2, 0.25) is 0 Å². The Hall–Kier alpha value is -2.64. The Bertz CT molecular complexity index is 1140. The average molecular weight is 395 g/mol. The zero-order chi connectivity index (χ0) is 19.1. The van der Waals surface area contributed by atoms with Crippen LogP contribution < -0.4 is 5.32 Å². The minimum Gasteiger partial charge on any atom is -0.508 e. The maximum Gasteiger partial charge on any atom is 0.184 e. The second kappa shape index (κ2) is 7.07. The van der Waals surface area contributed by atoms with Crippen molar-refractivity contribution in [1.82, 2.24) is 14.5 Å². The van der Waals surface area contributed by atoms with Crippen molar-refractivity contribution in [3.63, 3.8) is 0 Å². The fourth-order valence-corrected chi connectivity index (χ4v) is 4.93. The van der Waals surface area contributed by atoms with Crippen LogP contribution in [0.25, 0.3) is 21.3 Å². The molecule has 2 atom stereocenters. The van der Waals surface area contributed by atoms with Gasteiger partial charge >= 0.3 is 0 Å². The van der Waals surface area contributed by atoms with Gasteiger partial charge in [0, 0.05) is 12.6 Å². The van der Waals surface area contributed by atoms with Crippen LogP contribution in [0.4, 0.5) is 5.13 Å². The van der Waals surface area contributed by atoms with Gasteiger partial charge in [-0.15, -0.1) is 0 Å². The molecule has 2 heterocycles. The van der Waals surface area contributed by atoms with E-state index < -0.39 is 0 Å². The lowest BCUT2D eigenvalue weighted by atomic mass is 9.93. The van der Waals surface area contributed by atoms with Gasteiger partial charge in [0.05, 0.1) is 39.7 Å². The molecule has 0 aliphatic heterocycles. The van der Waals surface area contributed by atoms with E-state index in [-0.39, 0.29) is 17.9 Å². The SMILES string of the molecule is Oc1ccc2c(c1)ncn2Cc1ccc2nc(NC3CCCCC3O)sc2c1. The highest BCUT2D eigenvalue weighted by molar-refractivity contribution is 7.22. The van der Waals surface area contributed by atoms with Crippen molar-refractivity contribution in [2.24, 2.45) is 0 Å². The zero-order valence-electron chi connectivity index (χ0n) is 15.4. The lowest BCUT2D eigenvalue weighted by Crippen LogP contribution is -2.36. The fourth-order valence-electron chi connectivity index (χ4n) is 3.94. The van der Waals surface area contributed by atoms with Crippen molar-refractivity contribution in [1.29, 1.82) is 0 Å².